The van der Waals surface area contributed by atoms with Gasteiger partial charge in [-0.05, 0) is 25.0 Å². The molecule has 0 aliphatic carbocycles. The van der Waals surface area contributed by atoms with Gasteiger partial charge in [0, 0.05) is 24.7 Å². The van der Waals surface area contributed by atoms with E-state index in [1.54, 1.807) is 11.0 Å². The number of carbonyl (C=O) groups is 1. The largest absolute Gasteiger partial charge is 0.355 e. The van der Waals surface area contributed by atoms with Crippen molar-refractivity contribution in [2.45, 2.75) is 18.9 Å². The standard InChI is InChI=1S/C15H16ClN3O2/c16-13-4-2-1-3-11(13)14-12(9-18-21-14)15(20)19-7-5-10(17)6-8-19/h1-4,9-10H,5-8,17H2. The number of halogens is 1. The molecule has 0 radical (unpaired) electrons. The molecule has 0 unspecified atom stereocenters. The molecule has 21 heavy (non-hydrogen) atoms. The Morgan fingerprint density at radius 1 is 1.33 bits per heavy atom. The Kier molecular flexibility index (Phi) is 3.94. The minimum atomic E-state index is -0.0851. The third-order valence-corrected chi connectivity index (χ3v) is 4.08. The van der Waals surface area contributed by atoms with Gasteiger partial charge in [-0.1, -0.05) is 28.9 Å². The molecule has 1 fully saturated rings. The van der Waals surface area contributed by atoms with Gasteiger partial charge in [0.15, 0.2) is 5.76 Å². The van der Waals surface area contributed by atoms with Crippen molar-refractivity contribution in [2.75, 3.05) is 13.1 Å². The van der Waals surface area contributed by atoms with Crippen LogP contribution in [0.15, 0.2) is 35.0 Å². The van der Waals surface area contributed by atoms with Crippen molar-refractivity contribution in [3.8, 4) is 11.3 Å². The van der Waals surface area contributed by atoms with Gasteiger partial charge in [-0.15, -0.1) is 0 Å². The number of hydrogen-bond acceptors (Lipinski definition) is 4. The molecule has 2 N–H and O–H groups in total. The first-order valence-corrected chi connectivity index (χ1v) is 7.29. The number of hydrogen-bond donors (Lipinski definition) is 1. The molecule has 2 aromatic rings. The molecule has 5 nitrogen and oxygen atoms in total. The Labute approximate surface area is 127 Å². The summed E-state index contributed by atoms with van der Waals surface area (Å²) in [7, 11) is 0. The minimum Gasteiger partial charge on any atom is -0.355 e. The van der Waals surface area contributed by atoms with Crippen LogP contribution in [0.5, 0.6) is 0 Å². The van der Waals surface area contributed by atoms with Crippen LogP contribution in [0.3, 0.4) is 0 Å². The molecular weight excluding hydrogens is 290 g/mol. The molecule has 3 rings (SSSR count). The van der Waals surface area contributed by atoms with Crippen LogP contribution < -0.4 is 5.73 Å². The fourth-order valence-electron chi connectivity index (χ4n) is 2.50. The van der Waals surface area contributed by atoms with E-state index in [1.165, 1.54) is 6.20 Å². The third-order valence-electron chi connectivity index (χ3n) is 3.75. The summed E-state index contributed by atoms with van der Waals surface area (Å²) in [5.41, 5.74) is 6.99. The molecule has 0 spiro atoms. The molecule has 1 saturated heterocycles. The number of amides is 1. The topological polar surface area (TPSA) is 72.4 Å². The van der Waals surface area contributed by atoms with E-state index in [9.17, 15) is 4.79 Å². The molecular formula is C15H16ClN3O2. The van der Waals surface area contributed by atoms with Crippen LogP contribution >= 0.6 is 11.6 Å². The van der Waals surface area contributed by atoms with Gasteiger partial charge in [-0.3, -0.25) is 4.79 Å². The summed E-state index contributed by atoms with van der Waals surface area (Å²) in [5, 5.41) is 4.30. The lowest BCUT2D eigenvalue weighted by Gasteiger charge is -2.29. The Bertz CT molecular complexity index is 648. The monoisotopic (exact) mass is 305 g/mol. The summed E-state index contributed by atoms with van der Waals surface area (Å²) in [4.78, 5) is 14.4. The van der Waals surface area contributed by atoms with Crippen LogP contribution in [-0.4, -0.2) is 35.1 Å². The number of rotatable bonds is 2. The first-order valence-electron chi connectivity index (χ1n) is 6.91. The number of nitrogens with zero attached hydrogens (tertiary/aromatic N) is 2. The average Bonchev–Trinajstić information content (AvgIpc) is 2.97. The van der Waals surface area contributed by atoms with Gasteiger partial charge in [0.1, 0.15) is 5.56 Å². The lowest BCUT2D eigenvalue weighted by Crippen LogP contribution is -2.42. The predicted octanol–water partition coefficient (Wildman–Crippen LogP) is 2.56. The normalized spacial score (nSPS) is 16.2. The number of likely N-dealkylation sites (tertiary alicyclic amines) is 1. The van der Waals surface area contributed by atoms with Crippen LogP contribution in [0.4, 0.5) is 0 Å². The molecule has 1 aliphatic rings. The average molecular weight is 306 g/mol. The van der Waals surface area contributed by atoms with Crippen molar-refractivity contribution in [3.05, 3.63) is 41.0 Å². The zero-order chi connectivity index (χ0) is 14.8. The highest BCUT2D eigenvalue weighted by Crippen LogP contribution is 2.31. The molecule has 110 valence electrons. The Balaban J connectivity index is 1.89. The summed E-state index contributed by atoms with van der Waals surface area (Å²) in [6, 6.07) is 7.42. The van der Waals surface area contributed by atoms with Crippen molar-refractivity contribution in [2.24, 2.45) is 5.73 Å². The Hall–Kier alpha value is -1.85. The second-order valence-corrected chi connectivity index (χ2v) is 5.59. The molecule has 1 aromatic heterocycles. The molecule has 0 bridgehead atoms. The highest BCUT2D eigenvalue weighted by molar-refractivity contribution is 6.33. The van der Waals surface area contributed by atoms with Crippen molar-refractivity contribution in [1.82, 2.24) is 10.1 Å². The van der Waals surface area contributed by atoms with Crippen LogP contribution in [0, 0.1) is 0 Å². The van der Waals surface area contributed by atoms with E-state index in [-0.39, 0.29) is 11.9 Å². The Morgan fingerprint density at radius 2 is 2.05 bits per heavy atom. The van der Waals surface area contributed by atoms with Crippen molar-refractivity contribution in [1.29, 1.82) is 0 Å². The third kappa shape index (κ3) is 2.80. The number of nitrogens with two attached hydrogens (primary N) is 1. The number of aromatic nitrogens is 1. The molecule has 6 heteroatoms. The van der Waals surface area contributed by atoms with E-state index in [4.69, 9.17) is 21.9 Å². The highest BCUT2D eigenvalue weighted by atomic mass is 35.5. The van der Waals surface area contributed by atoms with Gasteiger partial charge in [0.2, 0.25) is 0 Å². The molecule has 0 atom stereocenters. The molecule has 1 amide bonds. The van der Waals surface area contributed by atoms with E-state index in [0.717, 1.165) is 12.8 Å². The Morgan fingerprint density at radius 3 is 2.76 bits per heavy atom. The maximum Gasteiger partial charge on any atom is 0.259 e. The van der Waals surface area contributed by atoms with Gasteiger partial charge in [-0.2, -0.15) is 0 Å². The maximum atomic E-state index is 12.6. The molecule has 1 aromatic carbocycles. The fraction of sp³-hybridized carbons (Fsp3) is 0.333. The van der Waals surface area contributed by atoms with Crippen LogP contribution in [0.25, 0.3) is 11.3 Å². The first-order chi connectivity index (χ1) is 10.2. The number of benzene rings is 1. The van der Waals surface area contributed by atoms with Crippen molar-refractivity contribution < 1.29 is 9.32 Å². The number of carbonyl (C=O) groups excluding carboxylic acids is 1. The van der Waals surface area contributed by atoms with E-state index in [1.807, 2.05) is 18.2 Å². The van der Waals surface area contributed by atoms with Crippen molar-refractivity contribution >= 4 is 17.5 Å². The molecule has 2 heterocycles. The van der Waals surface area contributed by atoms with Crippen molar-refractivity contribution in [3.63, 3.8) is 0 Å². The highest BCUT2D eigenvalue weighted by Gasteiger charge is 2.26. The molecule has 1 aliphatic heterocycles. The lowest BCUT2D eigenvalue weighted by molar-refractivity contribution is 0.0715. The fourth-order valence-corrected chi connectivity index (χ4v) is 2.73. The zero-order valence-corrected chi connectivity index (χ0v) is 12.2. The summed E-state index contributed by atoms with van der Waals surface area (Å²) in [5.74, 6) is 0.332. The lowest BCUT2D eigenvalue weighted by atomic mass is 10.0. The van der Waals surface area contributed by atoms with Gasteiger partial charge >= 0.3 is 0 Å². The van der Waals surface area contributed by atoms with E-state index < -0.39 is 0 Å². The van der Waals surface area contributed by atoms with Crippen LogP contribution in [0.2, 0.25) is 5.02 Å². The number of piperidine rings is 1. The summed E-state index contributed by atoms with van der Waals surface area (Å²) < 4.78 is 5.26. The second-order valence-electron chi connectivity index (χ2n) is 5.18. The SMILES string of the molecule is NC1CCN(C(=O)c2cnoc2-c2ccccc2Cl)CC1. The quantitative estimate of drug-likeness (QED) is 0.925. The zero-order valence-electron chi connectivity index (χ0n) is 11.5. The predicted molar refractivity (Wildman–Crippen MR) is 80.1 cm³/mol. The van der Waals surface area contributed by atoms with E-state index in [0.29, 0.717) is 35.0 Å². The van der Waals surface area contributed by atoms with Gasteiger partial charge < -0.3 is 15.2 Å². The first kappa shape index (κ1) is 14.1. The van der Waals surface area contributed by atoms with Crippen LogP contribution in [-0.2, 0) is 0 Å². The smallest absolute Gasteiger partial charge is 0.259 e. The van der Waals surface area contributed by atoms with Gasteiger partial charge in [0.25, 0.3) is 5.91 Å². The van der Waals surface area contributed by atoms with Crippen LogP contribution in [0.1, 0.15) is 23.2 Å². The van der Waals surface area contributed by atoms with E-state index >= 15 is 0 Å². The summed E-state index contributed by atoms with van der Waals surface area (Å²) in [6.45, 7) is 1.32. The summed E-state index contributed by atoms with van der Waals surface area (Å²) in [6.07, 6.45) is 3.09. The van der Waals surface area contributed by atoms with Gasteiger partial charge in [-0.25, -0.2) is 0 Å². The van der Waals surface area contributed by atoms with Gasteiger partial charge in [0.05, 0.1) is 11.2 Å². The maximum absolute atomic E-state index is 12.6. The second kappa shape index (κ2) is 5.87. The molecule has 0 saturated carbocycles. The summed E-state index contributed by atoms with van der Waals surface area (Å²) >= 11 is 6.17. The van der Waals surface area contributed by atoms with E-state index in [2.05, 4.69) is 5.16 Å². The minimum absolute atomic E-state index is 0.0851.